The number of aromatic nitrogens is 6. The number of carboxylic acids is 1. The SMILES string of the molecule is Cn1cccc1C(=O)N1CCC(n2cnc3ncc(-c4cccnc4)nc32)CC1.O=C(O)C(F)(F)F. The summed E-state index contributed by atoms with van der Waals surface area (Å²) in [6.45, 7) is 1.42. The van der Waals surface area contributed by atoms with Crippen molar-refractivity contribution in [2.75, 3.05) is 13.1 Å². The Hall–Kier alpha value is -4.29. The highest BCUT2D eigenvalue weighted by Crippen LogP contribution is 2.27. The number of amides is 1. The molecule has 1 amide bonds. The van der Waals surface area contributed by atoms with Crippen LogP contribution in [-0.2, 0) is 11.8 Å². The van der Waals surface area contributed by atoms with Gasteiger partial charge < -0.3 is 19.1 Å². The van der Waals surface area contributed by atoms with Crippen LogP contribution in [0, 0.1) is 0 Å². The van der Waals surface area contributed by atoms with Crippen molar-refractivity contribution in [2.45, 2.75) is 25.1 Å². The van der Waals surface area contributed by atoms with Gasteiger partial charge >= 0.3 is 12.1 Å². The van der Waals surface area contributed by atoms with Crippen molar-refractivity contribution in [2.24, 2.45) is 7.05 Å². The molecular weight excluding hydrogens is 479 g/mol. The van der Waals surface area contributed by atoms with Gasteiger partial charge in [-0.15, -0.1) is 0 Å². The molecule has 1 aliphatic heterocycles. The molecule has 0 saturated carbocycles. The maximum Gasteiger partial charge on any atom is 0.490 e. The molecule has 1 aliphatic rings. The highest BCUT2D eigenvalue weighted by Gasteiger charge is 2.38. The average Bonchev–Trinajstić information content (AvgIpc) is 3.50. The first-order chi connectivity index (χ1) is 17.1. The second-order valence-corrected chi connectivity index (χ2v) is 8.13. The first-order valence-corrected chi connectivity index (χ1v) is 11.0. The minimum absolute atomic E-state index is 0.0881. The van der Waals surface area contributed by atoms with Gasteiger partial charge in [0.15, 0.2) is 11.3 Å². The van der Waals surface area contributed by atoms with Gasteiger partial charge in [-0.3, -0.25) is 9.78 Å². The summed E-state index contributed by atoms with van der Waals surface area (Å²) in [4.78, 5) is 41.4. The molecule has 0 spiro atoms. The lowest BCUT2D eigenvalue weighted by molar-refractivity contribution is -0.192. The second kappa shape index (κ2) is 10.1. The Kier molecular flexibility index (Phi) is 6.99. The predicted molar refractivity (Wildman–Crippen MR) is 122 cm³/mol. The van der Waals surface area contributed by atoms with Crippen LogP contribution in [0.3, 0.4) is 0 Å². The van der Waals surface area contributed by atoms with Gasteiger partial charge in [0, 0.05) is 50.3 Å². The highest BCUT2D eigenvalue weighted by atomic mass is 19.4. The number of hydrogen-bond acceptors (Lipinski definition) is 6. The number of carboxylic acid groups (broad SMARTS) is 1. The summed E-state index contributed by atoms with van der Waals surface area (Å²) in [5.41, 5.74) is 3.85. The molecule has 1 saturated heterocycles. The summed E-state index contributed by atoms with van der Waals surface area (Å²) < 4.78 is 35.7. The molecule has 0 aliphatic carbocycles. The van der Waals surface area contributed by atoms with E-state index in [1.165, 1.54) is 0 Å². The van der Waals surface area contributed by atoms with Crippen LogP contribution in [0.4, 0.5) is 13.2 Å². The Labute approximate surface area is 203 Å². The zero-order valence-corrected chi connectivity index (χ0v) is 19.1. The summed E-state index contributed by atoms with van der Waals surface area (Å²) in [6, 6.07) is 7.87. The van der Waals surface area contributed by atoms with Crippen LogP contribution in [0.1, 0.15) is 29.4 Å². The molecule has 1 fully saturated rings. The summed E-state index contributed by atoms with van der Waals surface area (Å²) in [5, 5.41) is 7.12. The molecule has 5 rings (SSSR count). The van der Waals surface area contributed by atoms with E-state index in [9.17, 15) is 18.0 Å². The van der Waals surface area contributed by atoms with E-state index in [1.807, 2.05) is 53.3 Å². The van der Waals surface area contributed by atoms with Gasteiger partial charge in [-0.05, 0) is 37.1 Å². The van der Waals surface area contributed by atoms with Crippen molar-refractivity contribution in [1.29, 1.82) is 0 Å². The number of hydrogen-bond donors (Lipinski definition) is 1. The van der Waals surface area contributed by atoms with E-state index in [1.54, 1.807) is 18.6 Å². The maximum atomic E-state index is 12.7. The number of fused-ring (bicyclic) bond motifs is 1. The van der Waals surface area contributed by atoms with Gasteiger partial charge in [-0.2, -0.15) is 13.2 Å². The topological polar surface area (TPSA) is 119 Å². The van der Waals surface area contributed by atoms with E-state index in [4.69, 9.17) is 14.9 Å². The minimum Gasteiger partial charge on any atom is -0.475 e. The van der Waals surface area contributed by atoms with E-state index in [0.29, 0.717) is 18.7 Å². The fraction of sp³-hybridized carbons (Fsp3) is 0.304. The number of piperidine rings is 1. The number of halogens is 3. The predicted octanol–water partition coefficient (Wildman–Crippen LogP) is 3.34. The molecule has 0 bridgehead atoms. The van der Waals surface area contributed by atoms with Crippen LogP contribution >= 0.6 is 0 Å². The summed E-state index contributed by atoms with van der Waals surface area (Å²) in [5.74, 6) is -2.67. The van der Waals surface area contributed by atoms with Crippen LogP contribution in [0.5, 0.6) is 0 Å². The van der Waals surface area contributed by atoms with E-state index in [2.05, 4.69) is 19.5 Å². The average molecular weight is 501 g/mol. The molecule has 10 nitrogen and oxygen atoms in total. The molecule has 188 valence electrons. The van der Waals surface area contributed by atoms with Crippen molar-refractivity contribution in [1.82, 2.24) is 34.0 Å². The Bertz CT molecular complexity index is 1360. The van der Waals surface area contributed by atoms with Crippen LogP contribution in [-0.4, -0.2) is 70.2 Å². The van der Waals surface area contributed by atoms with E-state index >= 15 is 0 Å². The third kappa shape index (κ3) is 5.34. The van der Waals surface area contributed by atoms with Crippen LogP contribution in [0.15, 0.2) is 55.4 Å². The number of carbonyl (C=O) groups excluding carboxylic acids is 1. The summed E-state index contributed by atoms with van der Waals surface area (Å²) in [6.07, 6.45) is 5.61. The molecule has 0 aromatic carbocycles. The van der Waals surface area contributed by atoms with Crippen molar-refractivity contribution in [3.63, 3.8) is 0 Å². The monoisotopic (exact) mass is 501 g/mol. The third-order valence-corrected chi connectivity index (χ3v) is 5.79. The zero-order chi connectivity index (χ0) is 25.9. The lowest BCUT2D eigenvalue weighted by Gasteiger charge is -2.32. The normalized spacial score (nSPS) is 14.4. The third-order valence-electron chi connectivity index (χ3n) is 5.79. The largest absolute Gasteiger partial charge is 0.490 e. The number of aliphatic carboxylic acids is 1. The maximum absolute atomic E-state index is 12.7. The number of rotatable bonds is 3. The zero-order valence-electron chi connectivity index (χ0n) is 19.1. The van der Waals surface area contributed by atoms with Gasteiger partial charge in [0.2, 0.25) is 0 Å². The van der Waals surface area contributed by atoms with Gasteiger partial charge in [-0.25, -0.2) is 19.7 Å². The molecule has 36 heavy (non-hydrogen) atoms. The quantitative estimate of drug-likeness (QED) is 0.457. The minimum atomic E-state index is -5.08. The number of likely N-dealkylation sites (tertiary alicyclic amines) is 1. The van der Waals surface area contributed by atoms with Gasteiger partial charge in [0.1, 0.15) is 5.69 Å². The van der Waals surface area contributed by atoms with E-state index in [-0.39, 0.29) is 11.9 Å². The van der Waals surface area contributed by atoms with E-state index in [0.717, 1.165) is 35.4 Å². The standard InChI is InChI=1S/C21H21N7O.C2HF3O2/c1-26-9-3-5-18(26)21(29)27-10-6-16(7-11-27)28-14-24-19-20(28)25-17(13-23-19)15-4-2-8-22-12-15;3-2(4,5)1(6)7/h2-5,8-9,12-14,16H,6-7,10-11H2,1H3;(H,6,7). The number of aryl methyl sites for hydroxylation is 1. The number of nitrogens with zero attached hydrogens (tertiary/aromatic N) is 7. The van der Waals surface area contributed by atoms with Crippen LogP contribution < -0.4 is 0 Å². The molecule has 13 heteroatoms. The molecule has 4 aromatic rings. The Morgan fingerprint density at radius 2 is 1.81 bits per heavy atom. The first kappa shape index (κ1) is 24.8. The van der Waals surface area contributed by atoms with Crippen molar-refractivity contribution >= 4 is 23.2 Å². The summed E-state index contributed by atoms with van der Waals surface area (Å²) >= 11 is 0. The van der Waals surface area contributed by atoms with Gasteiger partial charge in [0.25, 0.3) is 5.91 Å². The van der Waals surface area contributed by atoms with Gasteiger partial charge in [0.05, 0.1) is 18.2 Å². The molecule has 0 atom stereocenters. The lowest BCUT2D eigenvalue weighted by Crippen LogP contribution is -2.39. The van der Waals surface area contributed by atoms with Crippen molar-refractivity contribution < 1.29 is 27.9 Å². The molecular formula is C23H22F3N7O3. The highest BCUT2D eigenvalue weighted by molar-refractivity contribution is 5.92. The molecule has 1 N–H and O–H groups in total. The Balaban J connectivity index is 0.000000384. The number of pyridine rings is 1. The van der Waals surface area contributed by atoms with E-state index < -0.39 is 12.1 Å². The number of alkyl halides is 3. The number of imidazole rings is 1. The summed E-state index contributed by atoms with van der Waals surface area (Å²) in [7, 11) is 1.90. The molecule has 0 unspecified atom stereocenters. The van der Waals surface area contributed by atoms with Crippen LogP contribution in [0.2, 0.25) is 0 Å². The number of carbonyl (C=O) groups is 2. The fourth-order valence-corrected chi connectivity index (χ4v) is 3.92. The molecule has 4 aromatic heterocycles. The lowest BCUT2D eigenvalue weighted by atomic mass is 10.0. The van der Waals surface area contributed by atoms with Crippen molar-refractivity contribution in [3.8, 4) is 11.3 Å². The van der Waals surface area contributed by atoms with Crippen LogP contribution in [0.25, 0.3) is 22.6 Å². The Morgan fingerprint density at radius 3 is 2.39 bits per heavy atom. The Morgan fingerprint density at radius 1 is 1.08 bits per heavy atom. The smallest absolute Gasteiger partial charge is 0.475 e. The fourth-order valence-electron chi connectivity index (χ4n) is 3.92. The van der Waals surface area contributed by atoms with Gasteiger partial charge in [-0.1, -0.05) is 0 Å². The second-order valence-electron chi connectivity index (χ2n) is 8.13. The van der Waals surface area contributed by atoms with Crippen molar-refractivity contribution in [3.05, 3.63) is 61.1 Å². The first-order valence-electron chi connectivity index (χ1n) is 11.0. The molecule has 0 radical (unpaired) electrons. The molecule has 5 heterocycles.